The van der Waals surface area contributed by atoms with E-state index >= 15 is 0 Å². The van der Waals surface area contributed by atoms with Gasteiger partial charge in [-0.05, 0) is 11.1 Å². The Morgan fingerprint density at radius 3 is 2.21 bits per heavy atom. The summed E-state index contributed by atoms with van der Waals surface area (Å²) in [6.45, 7) is 0.116. The molecule has 0 aromatic heterocycles. The molecule has 0 heterocycles. The highest BCUT2D eigenvalue weighted by molar-refractivity contribution is 6.76. The average Bonchev–Trinajstić information content (AvgIpc) is 2.36. The van der Waals surface area contributed by atoms with Gasteiger partial charge < -0.3 is 9.47 Å². The summed E-state index contributed by atoms with van der Waals surface area (Å²) in [6.07, 6.45) is 0.210. The van der Waals surface area contributed by atoms with E-state index in [0.717, 1.165) is 11.1 Å². The standard InChI is InChI=1S/C12H12Cl3NO3/c1-18-10(17)6-8-2-4-9(5-3-8)7-19-11(16)12(13,14)15/h2-5,16H,6-7H2,1H3. The minimum atomic E-state index is -1.86. The molecule has 1 aromatic rings. The molecular weight excluding hydrogens is 312 g/mol. The van der Waals surface area contributed by atoms with Gasteiger partial charge in [0.2, 0.25) is 5.90 Å². The quantitative estimate of drug-likeness (QED) is 0.400. The van der Waals surface area contributed by atoms with Gasteiger partial charge in [0.1, 0.15) is 6.61 Å². The molecule has 0 saturated carbocycles. The van der Waals surface area contributed by atoms with E-state index in [0.29, 0.717) is 0 Å². The van der Waals surface area contributed by atoms with Gasteiger partial charge in [0.05, 0.1) is 13.5 Å². The van der Waals surface area contributed by atoms with Crippen LogP contribution in [0.25, 0.3) is 0 Å². The molecule has 1 N–H and O–H groups in total. The van der Waals surface area contributed by atoms with Crippen molar-refractivity contribution in [3.05, 3.63) is 35.4 Å². The van der Waals surface area contributed by atoms with Gasteiger partial charge in [0.15, 0.2) is 0 Å². The number of benzene rings is 1. The number of esters is 1. The normalized spacial score (nSPS) is 10.9. The molecule has 0 amide bonds. The summed E-state index contributed by atoms with van der Waals surface area (Å²) in [5.41, 5.74) is 1.62. The number of rotatable bonds is 4. The molecule has 0 aliphatic rings. The molecule has 0 fully saturated rings. The van der Waals surface area contributed by atoms with E-state index in [9.17, 15) is 4.79 Å². The zero-order chi connectivity index (χ0) is 14.5. The number of methoxy groups -OCH3 is 1. The second kappa shape index (κ2) is 6.98. The van der Waals surface area contributed by atoms with Crippen LogP contribution in [0.1, 0.15) is 11.1 Å². The van der Waals surface area contributed by atoms with Gasteiger partial charge in [0, 0.05) is 0 Å². The Labute approximate surface area is 126 Å². The minimum absolute atomic E-state index is 0.116. The topological polar surface area (TPSA) is 59.4 Å². The maximum Gasteiger partial charge on any atom is 0.309 e. The zero-order valence-electron chi connectivity index (χ0n) is 10.1. The van der Waals surface area contributed by atoms with Crippen LogP contribution in [0.5, 0.6) is 0 Å². The maximum atomic E-state index is 11.1. The van der Waals surface area contributed by atoms with Crippen molar-refractivity contribution in [2.45, 2.75) is 16.8 Å². The van der Waals surface area contributed by atoms with Crippen molar-refractivity contribution in [2.75, 3.05) is 7.11 Å². The minimum Gasteiger partial charge on any atom is -0.473 e. The summed E-state index contributed by atoms with van der Waals surface area (Å²) in [5.74, 6) is -0.738. The first-order valence-electron chi connectivity index (χ1n) is 5.26. The molecule has 4 nitrogen and oxygen atoms in total. The monoisotopic (exact) mass is 323 g/mol. The van der Waals surface area contributed by atoms with Crippen LogP contribution < -0.4 is 0 Å². The fourth-order valence-corrected chi connectivity index (χ4v) is 1.39. The van der Waals surface area contributed by atoms with Crippen LogP contribution in [0, 0.1) is 5.41 Å². The first-order chi connectivity index (χ1) is 8.82. The summed E-state index contributed by atoms with van der Waals surface area (Å²) >= 11 is 16.4. The van der Waals surface area contributed by atoms with Gasteiger partial charge in [-0.25, -0.2) is 0 Å². The van der Waals surface area contributed by atoms with E-state index in [2.05, 4.69) is 4.74 Å². The number of hydrogen-bond acceptors (Lipinski definition) is 4. The Morgan fingerprint density at radius 2 is 1.74 bits per heavy atom. The number of halogens is 3. The first kappa shape index (κ1) is 16.1. The number of carbonyl (C=O) groups is 1. The van der Waals surface area contributed by atoms with Crippen molar-refractivity contribution in [1.82, 2.24) is 0 Å². The highest BCUT2D eigenvalue weighted by Crippen LogP contribution is 2.28. The molecule has 0 aliphatic carbocycles. The van der Waals surface area contributed by atoms with Crippen LogP contribution in [0.3, 0.4) is 0 Å². The lowest BCUT2D eigenvalue weighted by atomic mass is 10.1. The Kier molecular flexibility index (Phi) is 5.91. The third-order valence-corrected chi connectivity index (χ3v) is 2.75. The first-order valence-corrected chi connectivity index (χ1v) is 6.39. The van der Waals surface area contributed by atoms with Gasteiger partial charge in [-0.3, -0.25) is 10.2 Å². The van der Waals surface area contributed by atoms with E-state index in [-0.39, 0.29) is 19.0 Å². The molecular formula is C12H12Cl3NO3. The molecule has 0 atom stereocenters. The molecule has 1 rings (SSSR count). The average molecular weight is 325 g/mol. The molecule has 19 heavy (non-hydrogen) atoms. The molecule has 0 spiro atoms. The van der Waals surface area contributed by atoms with E-state index in [1.165, 1.54) is 7.11 Å². The molecule has 104 valence electrons. The smallest absolute Gasteiger partial charge is 0.309 e. The highest BCUT2D eigenvalue weighted by Gasteiger charge is 2.28. The van der Waals surface area contributed by atoms with E-state index in [1.807, 2.05) is 0 Å². The Bertz CT molecular complexity index is 454. The largest absolute Gasteiger partial charge is 0.473 e. The van der Waals surface area contributed by atoms with Crippen LogP contribution in [0.2, 0.25) is 0 Å². The highest BCUT2D eigenvalue weighted by atomic mass is 35.6. The fourth-order valence-electron chi connectivity index (χ4n) is 1.23. The van der Waals surface area contributed by atoms with Crippen molar-refractivity contribution in [1.29, 1.82) is 5.41 Å². The summed E-state index contributed by atoms with van der Waals surface area (Å²) in [6, 6.07) is 7.08. The van der Waals surface area contributed by atoms with Gasteiger partial charge >= 0.3 is 5.97 Å². The lowest BCUT2D eigenvalue weighted by Crippen LogP contribution is -2.20. The second-order valence-electron chi connectivity index (χ2n) is 3.68. The third kappa shape index (κ3) is 5.68. The molecule has 7 heteroatoms. The van der Waals surface area contributed by atoms with Crippen molar-refractivity contribution >= 4 is 46.7 Å². The molecule has 1 aromatic carbocycles. The predicted octanol–water partition coefficient (Wildman–Crippen LogP) is 3.27. The summed E-state index contributed by atoms with van der Waals surface area (Å²) in [7, 11) is 1.34. The molecule has 0 unspecified atom stereocenters. The van der Waals surface area contributed by atoms with E-state index < -0.39 is 9.69 Å². The summed E-state index contributed by atoms with van der Waals surface area (Å²) in [4.78, 5) is 11.1. The number of nitrogens with one attached hydrogen (secondary N) is 1. The van der Waals surface area contributed by atoms with Crippen molar-refractivity contribution in [3.8, 4) is 0 Å². The Hall–Kier alpha value is -0.970. The van der Waals surface area contributed by atoms with Crippen molar-refractivity contribution in [3.63, 3.8) is 0 Å². The van der Waals surface area contributed by atoms with Crippen LogP contribution >= 0.6 is 34.8 Å². The van der Waals surface area contributed by atoms with Crippen molar-refractivity contribution < 1.29 is 14.3 Å². The van der Waals surface area contributed by atoms with Gasteiger partial charge in [-0.2, -0.15) is 0 Å². The number of carbonyl (C=O) groups excluding carboxylic acids is 1. The van der Waals surface area contributed by atoms with Crippen LogP contribution in [-0.4, -0.2) is 22.8 Å². The van der Waals surface area contributed by atoms with Gasteiger partial charge in [-0.15, -0.1) is 0 Å². The van der Waals surface area contributed by atoms with Gasteiger partial charge in [0.25, 0.3) is 3.79 Å². The maximum absolute atomic E-state index is 11.1. The van der Waals surface area contributed by atoms with Crippen LogP contribution in [-0.2, 0) is 27.3 Å². The van der Waals surface area contributed by atoms with Crippen LogP contribution in [0.4, 0.5) is 0 Å². The fraction of sp³-hybridized carbons (Fsp3) is 0.333. The second-order valence-corrected chi connectivity index (χ2v) is 5.97. The number of alkyl halides is 3. The van der Waals surface area contributed by atoms with E-state index in [4.69, 9.17) is 44.9 Å². The SMILES string of the molecule is COC(=O)Cc1ccc(COC(=N)C(Cl)(Cl)Cl)cc1. The van der Waals surface area contributed by atoms with Gasteiger partial charge in [-0.1, -0.05) is 59.1 Å². The Balaban J connectivity index is 2.53. The lowest BCUT2D eigenvalue weighted by molar-refractivity contribution is -0.139. The molecule has 0 saturated heterocycles. The predicted molar refractivity (Wildman–Crippen MR) is 75.0 cm³/mol. The summed E-state index contributed by atoms with van der Waals surface area (Å²) in [5, 5.41) is 7.37. The van der Waals surface area contributed by atoms with Crippen LogP contribution in [0.15, 0.2) is 24.3 Å². The zero-order valence-corrected chi connectivity index (χ0v) is 12.4. The molecule has 0 radical (unpaired) electrons. The number of hydrogen-bond donors (Lipinski definition) is 1. The van der Waals surface area contributed by atoms with Crippen molar-refractivity contribution in [2.24, 2.45) is 0 Å². The lowest BCUT2D eigenvalue weighted by Gasteiger charge is -2.13. The molecule has 0 aliphatic heterocycles. The molecule has 0 bridgehead atoms. The number of ether oxygens (including phenoxy) is 2. The summed E-state index contributed by atoms with van der Waals surface area (Å²) < 4.78 is 7.74. The third-order valence-electron chi connectivity index (χ3n) is 2.24. The Morgan fingerprint density at radius 1 is 1.21 bits per heavy atom. The van der Waals surface area contributed by atoms with E-state index in [1.54, 1.807) is 24.3 Å².